The summed E-state index contributed by atoms with van der Waals surface area (Å²) in [4.78, 5) is 37.7. The van der Waals surface area contributed by atoms with Crippen LogP contribution in [0.5, 0.6) is 17.2 Å². The number of rotatable bonds is 2. The second-order valence-corrected chi connectivity index (χ2v) is 6.79. The van der Waals surface area contributed by atoms with E-state index in [2.05, 4.69) is 0 Å². The molecule has 0 radical (unpaired) electrons. The number of carbonyl (C=O) groups excluding carboxylic acids is 3. The molecule has 0 saturated carbocycles. The van der Waals surface area contributed by atoms with Gasteiger partial charge in [0.2, 0.25) is 11.7 Å². The van der Waals surface area contributed by atoms with E-state index in [1.807, 2.05) is 0 Å². The lowest BCUT2D eigenvalue weighted by Gasteiger charge is -2.28. The number of nitrogens with two attached hydrogens (primary N) is 1. The van der Waals surface area contributed by atoms with E-state index in [9.17, 15) is 24.6 Å². The Labute approximate surface area is 154 Å². The number of hydrogen-bond donors (Lipinski definition) is 3. The number of methoxy groups -OCH3 is 1. The molecule has 2 aromatic rings. The Bertz CT molecular complexity index is 1040. The Kier molecular flexibility index (Phi) is 3.69. The zero-order valence-corrected chi connectivity index (χ0v) is 14.5. The first kappa shape index (κ1) is 17.1. The summed E-state index contributed by atoms with van der Waals surface area (Å²) in [6.07, 6.45) is 0.788. The number of primary amides is 1. The van der Waals surface area contributed by atoms with Gasteiger partial charge in [0.15, 0.2) is 5.78 Å². The molecular formula is C20H17NO6. The number of benzene rings is 2. The van der Waals surface area contributed by atoms with Crippen LogP contribution in [0.3, 0.4) is 0 Å². The summed E-state index contributed by atoms with van der Waals surface area (Å²) < 4.78 is 5.20. The van der Waals surface area contributed by atoms with Crippen molar-refractivity contribution in [2.45, 2.75) is 19.3 Å². The fraction of sp³-hybridized carbons (Fsp3) is 0.250. The fourth-order valence-corrected chi connectivity index (χ4v) is 4.05. The SMILES string of the molecule is COc1cccc2c1C(=O)c1c(O)c3c(c(O)c1C2=O)CC(C(N)=O)CC3. The van der Waals surface area contributed by atoms with Crippen LogP contribution in [0, 0.1) is 5.92 Å². The summed E-state index contributed by atoms with van der Waals surface area (Å²) in [5.74, 6) is -2.62. The van der Waals surface area contributed by atoms with Crippen LogP contribution in [0.2, 0.25) is 0 Å². The molecule has 1 amide bonds. The lowest BCUT2D eigenvalue weighted by Crippen LogP contribution is -2.30. The standard InChI is InChI=1S/C20H17NO6/c1-27-12-4-2-3-10-13(12)19(25)15-14(17(10)23)18(24)11-7-8(20(21)26)5-6-9(11)16(15)22/h2-4,8,22,24H,5-7H2,1H3,(H2,21,26). The van der Waals surface area contributed by atoms with Crippen molar-refractivity contribution >= 4 is 17.5 Å². The number of carbonyl (C=O) groups is 3. The first-order valence-corrected chi connectivity index (χ1v) is 8.52. The molecule has 2 aliphatic carbocycles. The Morgan fingerprint density at radius 1 is 1.07 bits per heavy atom. The summed E-state index contributed by atoms with van der Waals surface area (Å²) in [5, 5.41) is 21.5. The third-order valence-corrected chi connectivity index (χ3v) is 5.43. The van der Waals surface area contributed by atoms with Crippen LogP contribution in [-0.4, -0.2) is 34.8 Å². The van der Waals surface area contributed by atoms with Gasteiger partial charge in [-0.2, -0.15) is 0 Å². The van der Waals surface area contributed by atoms with Crippen LogP contribution in [-0.2, 0) is 17.6 Å². The van der Waals surface area contributed by atoms with Gasteiger partial charge < -0.3 is 20.7 Å². The molecular weight excluding hydrogens is 350 g/mol. The fourth-order valence-electron chi connectivity index (χ4n) is 4.05. The highest BCUT2D eigenvalue weighted by molar-refractivity contribution is 6.31. The van der Waals surface area contributed by atoms with E-state index >= 15 is 0 Å². The van der Waals surface area contributed by atoms with Gasteiger partial charge in [0.1, 0.15) is 17.2 Å². The predicted octanol–water partition coefficient (Wildman–Crippen LogP) is 1.47. The molecule has 0 heterocycles. The minimum atomic E-state index is -0.579. The molecule has 0 saturated heterocycles. The maximum atomic E-state index is 13.1. The van der Waals surface area contributed by atoms with Crippen LogP contribution < -0.4 is 10.5 Å². The van der Waals surface area contributed by atoms with Gasteiger partial charge in [-0.25, -0.2) is 0 Å². The van der Waals surface area contributed by atoms with Crippen molar-refractivity contribution in [3.05, 3.63) is 51.6 Å². The molecule has 7 heteroatoms. The third kappa shape index (κ3) is 2.24. The molecule has 2 aliphatic rings. The highest BCUT2D eigenvalue weighted by Crippen LogP contribution is 2.47. The molecule has 138 valence electrons. The van der Waals surface area contributed by atoms with E-state index in [-0.39, 0.29) is 52.3 Å². The van der Waals surface area contributed by atoms with Crippen LogP contribution >= 0.6 is 0 Å². The lowest BCUT2D eigenvalue weighted by molar-refractivity contribution is -0.122. The van der Waals surface area contributed by atoms with Gasteiger partial charge in [-0.3, -0.25) is 14.4 Å². The van der Waals surface area contributed by atoms with E-state index < -0.39 is 23.4 Å². The van der Waals surface area contributed by atoms with Gasteiger partial charge in [0, 0.05) is 22.6 Å². The monoisotopic (exact) mass is 367 g/mol. The van der Waals surface area contributed by atoms with Crippen LogP contribution in [0.25, 0.3) is 0 Å². The smallest absolute Gasteiger partial charge is 0.220 e. The second-order valence-electron chi connectivity index (χ2n) is 6.79. The summed E-state index contributed by atoms with van der Waals surface area (Å²) >= 11 is 0. The summed E-state index contributed by atoms with van der Waals surface area (Å²) in [6, 6.07) is 4.61. The summed E-state index contributed by atoms with van der Waals surface area (Å²) in [7, 11) is 1.39. The van der Waals surface area contributed by atoms with E-state index in [0.29, 0.717) is 17.5 Å². The zero-order chi connectivity index (χ0) is 19.5. The molecule has 4 N–H and O–H groups in total. The van der Waals surface area contributed by atoms with Crippen molar-refractivity contribution in [1.29, 1.82) is 0 Å². The molecule has 0 aliphatic heterocycles. The van der Waals surface area contributed by atoms with Gasteiger partial charge in [-0.15, -0.1) is 0 Å². The van der Waals surface area contributed by atoms with Crippen molar-refractivity contribution < 1.29 is 29.3 Å². The second kappa shape index (κ2) is 5.84. The molecule has 0 bridgehead atoms. The van der Waals surface area contributed by atoms with Gasteiger partial charge >= 0.3 is 0 Å². The van der Waals surface area contributed by atoms with Crippen LogP contribution in [0.4, 0.5) is 0 Å². The Hall–Kier alpha value is -3.35. The molecule has 1 atom stereocenters. The highest BCUT2D eigenvalue weighted by atomic mass is 16.5. The third-order valence-electron chi connectivity index (χ3n) is 5.43. The molecule has 1 unspecified atom stereocenters. The molecule has 0 fully saturated rings. The molecule has 2 aromatic carbocycles. The molecule has 0 spiro atoms. The Balaban J connectivity index is 1.99. The normalized spacial score (nSPS) is 17.7. The topological polar surface area (TPSA) is 127 Å². The first-order chi connectivity index (χ1) is 12.9. The summed E-state index contributed by atoms with van der Waals surface area (Å²) in [5.41, 5.74) is 5.77. The minimum Gasteiger partial charge on any atom is -0.507 e. The van der Waals surface area contributed by atoms with Crippen LogP contribution in [0.1, 0.15) is 49.4 Å². The number of aromatic hydroxyl groups is 2. The molecule has 27 heavy (non-hydrogen) atoms. The van der Waals surface area contributed by atoms with Crippen molar-refractivity contribution in [3.63, 3.8) is 0 Å². The number of fused-ring (bicyclic) bond motifs is 3. The number of phenols is 2. The number of hydrogen-bond acceptors (Lipinski definition) is 6. The van der Waals surface area contributed by atoms with Crippen molar-refractivity contribution in [1.82, 2.24) is 0 Å². The Morgan fingerprint density at radius 3 is 2.41 bits per heavy atom. The largest absolute Gasteiger partial charge is 0.507 e. The van der Waals surface area contributed by atoms with Crippen molar-refractivity contribution in [2.75, 3.05) is 7.11 Å². The quantitative estimate of drug-likeness (QED) is 0.589. The molecule has 4 rings (SSSR count). The number of ether oxygens (including phenoxy) is 1. The lowest BCUT2D eigenvalue weighted by atomic mass is 9.75. The molecule has 0 aromatic heterocycles. The van der Waals surface area contributed by atoms with E-state index in [1.165, 1.54) is 13.2 Å². The van der Waals surface area contributed by atoms with E-state index in [4.69, 9.17) is 10.5 Å². The van der Waals surface area contributed by atoms with Crippen LogP contribution in [0.15, 0.2) is 18.2 Å². The predicted molar refractivity (Wildman–Crippen MR) is 94.3 cm³/mol. The van der Waals surface area contributed by atoms with Gasteiger partial charge in [-0.1, -0.05) is 12.1 Å². The van der Waals surface area contributed by atoms with Crippen molar-refractivity contribution in [2.24, 2.45) is 11.7 Å². The zero-order valence-electron chi connectivity index (χ0n) is 14.5. The van der Waals surface area contributed by atoms with Gasteiger partial charge in [-0.05, 0) is 25.3 Å². The number of phenolic OH excluding ortho intramolecular Hbond substituents is 2. The maximum Gasteiger partial charge on any atom is 0.220 e. The number of ketones is 2. The Morgan fingerprint density at radius 2 is 1.74 bits per heavy atom. The van der Waals surface area contributed by atoms with Crippen molar-refractivity contribution in [3.8, 4) is 17.2 Å². The molecule has 7 nitrogen and oxygen atoms in total. The van der Waals surface area contributed by atoms with E-state index in [1.54, 1.807) is 12.1 Å². The average molecular weight is 367 g/mol. The van der Waals surface area contributed by atoms with Gasteiger partial charge in [0.05, 0.1) is 23.8 Å². The summed E-state index contributed by atoms with van der Waals surface area (Å²) in [6.45, 7) is 0. The maximum absolute atomic E-state index is 13.1. The first-order valence-electron chi connectivity index (χ1n) is 8.52. The minimum absolute atomic E-state index is 0.0676. The highest BCUT2D eigenvalue weighted by Gasteiger charge is 2.40. The average Bonchev–Trinajstić information content (AvgIpc) is 2.67. The van der Waals surface area contributed by atoms with E-state index in [0.717, 1.165) is 0 Å². The van der Waals surface area contributed by atoms with Gasteiger partial charge in [0.25, 0.3) is 0 Å². The number of amides is 1.